The molecule has 0 spiro atoms. The Labute approximate surface area is 45.3 Å². The van der Waals surface area contributed by atoms with Crippen LogP contribution in [0.15, 0.2) is 18.3 Å². The van der Waals surface area contributed by atoms with Crippen molar-refractivity contribution in [3.05, 3.63) is 18.3 Å². The van der Waals surface area contributed by atoms with Crippen LogP contribution in [0.1, 0.15) is 0 Å². The van der Waals surface area contributed by atoms with E-state index >= 15 is 0 Å². The van der Waals surface area contributed by atoms with E-state index in [1.165, 1.54) is 0 Å². The number of nitrogens with one attached hydrogen (secondary N) is 1. The third kappa shape index (κ3) is 0.661. The van der Waals surface area contributed by atoms with Crippen molar-refractivity contribution < 1.29 is 0 Å². The molecule has 2 radical (unpaired) electrons. The van der Waals surface area contributed by atoms with Gasteiger partial charge in [0, 0.05) is 0 Å². The van der Waals surface area contributed by atoms with Crippen molar-refractivity contribution in [3.63, 3.8) is 0 Å². The van der Waals surface area contributed by atoms with E-state index in [0.29, 0.717) is 0 Å². The second-order valence-electron chi connectivity index (χ2n) is 1.06. The summed E-state index contributed by atoms with van der Waals surface area (Å²) in [5.74, 6) is 0. The van der Waals surface area contributed by atoms with Gasteiger partial charge in [-0.1, -0.05) is 0 Å². The molecular formula is C4H4AsN. The molecule has 1 heterocycles. The zero-order chi connectivity index (χ0) is 4.41. The van der Waals surface area contributed by atoms with Crippen LogP contribution >= 0.6 is 0 Å². The minimum atomic E-state index is 1.16. The Balaban J connectivity index is 3.05. The number of H-pyrrole nitrogens is 1. The Morgan fingerprint density at radius 3 is 2.67 bits per heavy atom. The third-order valence-corrected chi connectivity index (χ3v) is 1.17. The van der Waals surface area contributed by atoms with Crippen molar-refractivity contribution in [3.8, 4) is 0 Å². The maximum absolute atomic E-state index is 2.97. The Kier molecular flexibility index (Phi) is 1.02. The second-order valence-corrected chi connectivity index (χ2v) is 2.07. The molecule has 0 aliphatic carbocycles. The molecule has 0 amide bonds. The van der Waals surface area contributed by atoms with E-state index in [-0.39, 0.29) is 0 Å². The van der Waals surface area contributed by atoms with Crippen molar-refractivity contribution >= 4 is 21.3 Å². The summed E-state index contributed by atoms with van der Waals surface area (Å²) in [4.78, 5) is 2.97. The van der Waals surface area contributed by atoms with E-state index in [4.69, 9.17) is 0 Å². The van der Waals surface area contributed by atoms with Crippen molar-refractivity contribution in [2.75, 3.05) is 0 Å². The second kappa shape index (κ2) is 1.52. The fraction of sp³-hybridized carbons (Fsp3) is 0. The van der Waals surface area contributed by atoms with Gasteiger partial charge in [0.05, 0.1) is 0 Å². The predicted octanol–water partition coefficient (Wildman–Crippen LogP) is -0.191. The van der Waals surface area contributed by atoms with Gasteiger partial charge in [-0.2, -0.15) is 0 Å². The van der Waals surface area contributed by atoms with Gasteiger partial charge in [0.25, 0.3) is 0 Å². The normalized spacial score (nSPS) is 8.83. The van der Waals surface area contributed by atoms with E-state index < -0.39 is 0 Å². The fourth-order valence-corrected chi connectivity index (χ4v) is 0.658. The Hall–Kier alpha value is -0.162. The van der Waals surface area contributed by atoms with Gasteiger partial charge in [0.15, 0.2) is 0 Å². The summed E-state index contributed by atoms with van der Waals surface area (Å²) in [7, 11) is 0. The van der Waals surface area contributed by atoms with Crippen LogP contribution in [-0.4, -0.2) is 21.8 Å². The summed E-state index contributed by atoms with van der Waals surface area (Å²) in [6, 6.07) is 3.97. The predicted molar refractivity (Wildman–Crippen MR) is 26.2 cm³/mol. The fourth-order valence-electron chi connectivity index (χ4n) is 0.321. The average molecular weight is 141 g/mol. The molecule has 30 valence electrons. The maximum atomic E-state index is 2.97. The molecule has 0 bridgehead atoms. The van der Waals surface area contributed by atoms with E-state index in [1.54, 1.807) is 0 Å². The first-order chi connectivity index (χ1) is 2.89. The first-order valence-corrected chi connectivity index (χ1v) is 2.66. The topological polar surface area (TPSA) is 15.8 Å². The van der Waals surface area contributed by atoms with Gasteiger partial charge in [0.2, 0.25) is 0 Å². The van der Waals surface area contributed by atoms with E-state index in [9.17, 15) is 0 Å². The SMILES string of the molecule is [As]c1ccc[nH]1. The van der Waals surface area contributed by atoms with Crippen LogP contribution < -0.4 is 4.48 Å². The molecule has 0 aliphatic rings. The summed E-state index contributed by atoms with van der Waals surface area (Å²) < 4.78 is 1.16. The van der Waals surface area contributed by atoms with Crippen LogP contribution in [0, 0.1) is 0 Å². The van der Waals surface area contributed by atoms with Crippen molar-refractivity contribution in [2.45, 2.75) is 0 Å². The van der Waals surface area contributed by atoms with Crippen LogP contribution in [0.25, 0.3) is 0 Å². The molecule has 1 rings (SSSR count). The molecule has 0 fully saturated rings. The summed E-state index contributed by atoms with van der Waals surface area (Å²) >= 11 is 2.43. The molecule has 1 N–H and O–H groups in total. The van der Waals surface area contributed by atoms with E-state index in [1.807, 2.05) is 18.3 Å². The zero-order valence-electron chi connectivity index (χ0n) is 3.18. The first kappa shape index (κ1) is 4.01. The van der Waals surface area contributed by atoms with Gasteiger partial charge in [-0.3, -0.25) is 0 Å². The molecule has 0 aliphatic heterocycles. The van der Waals surface area contributed by atoms with Gasteiger partial charge >= 0.3 is 44.6 Å². The van der Waals surface area contributed by atoms with Crippen molar-refractivity contribution in [1.29, 1.82) is 0 Å². The van der Waals surface area contributed by atoms with E-state index in [2.05, 4.69) is 21.8 Å². The third-order valence-electron chi connectivity index (χ3n) is 0.582. The standard InChI is InChI=1S/C4H4AsN/c5-4-2-1-3-6-4/h1-3,6H. The Morgan fingerprint density at radius 1 is 1.67 bits per heavy atom. The molecule has 0 atom stereocenters. The molecule has 0 aromatic carbocycles. The molecule has 1 aromatic rings. The molecule has 0 saturated heterocycles. The number of aromatic nitrogens is 1. The minimum absolute atomic E-state index is 1.16. The molecular weight excluding hydrogens is 137 g/mol. The van der Waals surface area contributed by atoms with Gasteiger partial charge in [-0.15, -0.1) is 0 Å². The number of hydrogen-bond acceptors (Lipinski definition) is 0. The number of aromatic amines is 1. The van der Waals surface area contributed by atoms with Gasteiger partial charge in [0.1, 0.15) is 0 Å². The molecule has 2 heteroatoms. The van der Waals surface area contributed by atoms with Crippen LogP contribution in [-0.2, 0) is 0 Å². The van der Waals surface area contributed by atoms with Crippen molar-refractivity contribution in [1.82, 2.24) is 4.98 Å². The van der Waals surface area contributed by atoms with E-state index in [0.717, 1.165) is 4.48 Å². The Morgan fingerprint density at radius 2 is 2.50 bits per heavy atom. The van der Waals surface area contributed by atoms with Crippen LogP contribution in [0.4, 0.5) is 0 Å². The molecule has 0 unspecified atom stereocenters. The van der Waals surface area contributed by atoms with Gasteiger partial charge in [-0.05, 0) is 0 Å². The molecule has 1 nitrogen and oxygen atoms in total. The quantitative estimate of drug-likeness (QED) is 0.482. The summed E-state index contributed by atoms with van der Waals surface area (Å²) in [6.45, 7) is 0. The van der Waals surface area contributed by atoms with Gasteiger partial charge in [-0.25, -0.2) is 0 Å². The molecule has 1 aromatic heterocycles. The number of hydrogen-bond donors (Lipinski definition) is 1. The number of rotatable bonds is 0. The monoisotopic (exact) mass is 141 g/mol. The van der Waals surface area contributed by atoms with Crippen LogP contribution in [0.3, 0.4) is 0 Å². The zero-order valence-corrected chi connectivity index (χ0v) is 5.06. The molecule has 6 heavy (non-hydrogen) atoms. The summed E-state index contributed by atoms with van der Waals surface area (Å²) in [5.41, 5.74) is 0. The van der Waals surface area contributed by atoms with Gasteiger partial charge < -0.3 is 0 Å². The summed E-state index contributed by atoms with van der Waals surface area (Å²) in [5, 5.41) is 0. The summed E-state index contributed by atoms with van der Waals surface area (Å²) in [6.07, 6.45) is 1.90. The average Bonchev–Trinajstić information content (AvgIpc) is 1.86. The first-order valence-electron chi connectivity index (χ1n) is 1.72. The van der Waals surface area contributed by atoms with Crippen LogP contribution in [0.2, 0.25) is 0 Å². The Bertz CT molecular complexity index is 111. The van der Waals surface area contributed by atoms with Crippen molar-refractivity contribution in [2.24, 2.45) is 0 Å². The van der Waals surface area contributed by atoms with Crippen LogP contribution in [0.5, 0.6) is 0 Å². The molecule has 0 saturated carbocycles.